The standard InChI is InChI=1S/C26H25N5O2.C22H19ClF3N5O2.2C21H19ClFN5O2/c1-15-13-21-22(14-16(15)2)31(24-23(28-21)25(32)30-26(33)29-24)12-11-27-17(3)19-10-6-8-18-7-4-5-9-20(18)19;1-11-7-16-17(8-12(11)2)31(19-18(28-16)20(32)30-21(33)29-19)6-5-27-10-13-3-4-15(23)14(9-13)22(24,25)26;1-11-7-16-17(8-12(11)2)28(19-18(25-16)20(29)27-21(30)26-19)6-5-24-10-13-3-4-15(23)14(22)9-13;1-11-7-16-17(8-12(11)2)28(19-18(25-16)20(29)27-21(30)26-19)6-5-24-10-13-3-4-14(22)15(23)9-13/h4-10,13-14,17,27H,11-12H2,1-3H3,(H,30,32,33);3-4,7-9,27H,5-6,10H2,1-2H3,(H,30,32,33);2*3-4,7-9,24H,5-6,10H2,1-2H3,(H,27,29,30). The average Bonchev–Trinajstić information content (AvgIpc) is 0.767. The van der Waals surface area contributed by atoms with E-state index in [0.29, 0.717) is 104 Å². The summed E-state index contributed by atoms with van der Waals surface area (Å²) in [6.45, 7) is 22.8. The van der Waals surface area contributed by atoms with Crippen LogP contribution in [0.5, 0.6) is 0 Å². The number of hydrogen-bond acceptors (Lipinski definition) is 20. The van der Waals surface area contributed by atoms with Gasteiger partial charge in [0.1, 0.15) is 11.6 Å². The summed E-state index contributed by atoms with van der Waals surface area (Å²) in [5, 5.41) is 15.4. The van der Waals surface area contributed by atoms with Crippen molar-refractivity contribution in [1.29, 1.82) is 0 Å². The van der Waals surface area contributed by atoms with Gasteiger partial charge in [-0.1, -0.05) is 95.5 Å². The molecule has 0 aliphatic carbocycles. The number of aryl methyl sites for hydroxylation is 8. The van der Waals surface area contributed by atoms with Gasteiger partial charge in [0.05, 0.1) is 64.8 Å². The largest absolute Gasteiger partial charge is 0.417 e. The average molecular weight is 1770 g/mol. The zero-order valence-corrected chi connectivity index (χ0v) is 71.6. The number of fused-ring (bicyclic) bond motifs is 9. The lowest BCUT2D eigenvalue weighted by Crippen LogP contribution is -2.30. The Morgan fingerprint density at radius 2 is 0.698 bits per heavy atom. The molecule has 0 aromatic heterocycles. The molecule has 8 heterocycles. The summed E-state index contributed by atoms with van der Waals surface area (Å²) in [7, 11) is 0. The van der Waals surface area contributed by atoms with Crippen LogP contribution in [0.1, 0.15) is 85.3 Å². The van der Waals surface area contributed by atoms with E-state index < -0.39 is 68.4 Å². The Hall–Kier alpha value is -13.3. The molecule has 28 nitrogen and oxygen atoms in total. The number of nitrogens with zero attached hydrogens (tertiary/aromatic N) is 12. The fourth-order valence-corrected chi connectivity index (χ4v) is 15.3. The molecule has 126 heavy (non-hydrogen) atoms. The molecule has 8 N–H and O–H groups in total. The Balaban J connectivity index is 0.000000136. The maximum atomic E-state index is 13.6. The van der Waals surface area contributed by atoms with E-state index in [1.165, 1.54) is 46.7 Å². The monoisotopic (exact) mass is 1770 g/mol. The number of H-pyrrole nitrogens is 4. The van der Waals surface area contributed by atoms with Gasteiger partial charge in [-0.15, -0.1) is 0 Å². The van der Waals surface area contributed by atoms with Gasteiger partial charge < -0.3 is 39.5 Å². The molecule has 646 valence electrons. The van der Waals surface area contributed by atoms with Crippen LogP contribution >= 0.6 is 34.8 Å². The number of aromatic nitrogens is 16. The van der Waals surface area contributed by atoms with Crippen LogP contribution in [0, 0.1) is 67.0 Å². The normalized spacial score (nSPS) is 11.9. The third kappa shape index (κ3) is 19.8. The maximum Gasteiger partial charge on any atom is 0.417 e. The second-order valence-electron chi connectivity index (χ2n) is 30.5. The van der Waals surface area contributed by atoms with E-state index in [0.717, 1.165) is 78.3 Å². The minimum absolute atomic E-state index is 0.0397. The summed E-state index contributed by atoms with van der Waals surface area (Å²) >= 11 is 17.2. The maximum absolute atomic E-state index is 13.6. The number of hydrogen-bond donors (Lipinski definition) is 8. The van der Waals surface area contributed by atoms with Crippen LogP contribution in [0.4, 0.5) is 22.0 Å². The van der Waals surface area contributed by atoms with Crippen molar-refractivity contribution in [2.24, 2.45) is 0 Å². The SMILES string of the molecule is Cc1cc2nc3c(=O)[nH]c(=O)nc-3n(CCNC(C)c3cccc4ccccc34)c2cc1C.Cc1cc2nc3c(=O)[nH]c(=O)nc-3n(CCNCc3ccc(Cl)c(C(F)(F)F)c3)c2cc1C.Cc1cc2nc3c(=O)[nH]c(=O)nc-3n(CCNCc3ccc(Cl)c(F)c3)c2cc1C.Cc1cc2nc3c(=O)[nH]c(=O)nc-3n(CCNCc3ccc(F)c(Cl)c3)c2cc1C. The molecule has 0 saturated heterocycles. The summed E-state index contributed by atoms with van der Waals surface area (Å²) in [6, 6.07) is 43.3. The Morgan fingerprint density at radius 1 is 0.365 bits per heavy atom. The van der Waals surface area contributed by atoms with Crippen LogP contribution in [-0.2, 0) is 52.0 Å². The first-order valence-corrected chi connectivity index (χ1v) is 41.0. The van der Waals surface area contributed by atoms with Crippen molar-refractivity contribution in [2.45, 2.75) is 120 Å². The minimum atomic E-state index is -4.54. The Kier molecular flexibility index (Phi) is 26.6. The third-order valence-corrected chi connectivity index (χ3v) is 22.7. The zero-order valence-electron chi connectivity index (χ0n) is 69.4. The summed E-state index contributed by atoms with van der Waals surface area (Å²) in [4.78, 5) is 139. The van der Waals surface area contributed by atoms with E-state index in [2.05, 4.69) is 124 Å². The van der Waals surface area contributed by atoms with Crippen molar-refractivity contribution in [3.8, 4) is 46.1 Å². The highest BCUT2D eigenvalue weighted by Gasteiger charge is 2.34. The molecular formula is C90H82Cl3F5N20O8. The lowest BCUT2D eigenvalue weighted by molar-refractivity contribution is -0.137. The lowest BCUT2D eigenvalue weighted by Gasteiger charge is -2.20. The second kappa shape index (κ2) is 37.7. The van der Waals surface area contributed by atoms with Crippen molar-refractivity contribution >= 4 is 89.7 Å². The zero-order chi connectivity index (χ0) is 89.9. The topological polar surface area (TPSA) is 371 Å². The first-order valence-electron chi connectivity index (χ1n) is 39.9. The van der Waals surface area contributed by atoms with E-state index in [9.17, 15) is 60.3 Å². The molecule has 0 saturated carbocycles. The van der Waals surface area contributed by atoms with E-state index in [1.807, 2.05) is 124 Å². The number of alkyl halides is 3. The Bertz CT molecular complexity index is 7260. The molecule has 0 bridgehead atoms. The molecule has 8 aliphatic rings. The van der Waals surface area contributed by atoms with E-state index in [1.54, 1.807) is 22.8 Å². The fourth-order valence-electron chi connectivity index (χ4n) is 14.7. The van der Waals surface area contributed by atoms with E-state index in [4.69, 9.17) is 34.8 Å². The van der Waals surface area contributed by atoms with Crippen LogP contribution in [0.15, 0.2) is 184 Å². The summed E-state index contributed by atoms with van der Waals surface area (Å²) in [5.74, 6) is 0.00558. The highest BCUT2D eigenvalue weighted by atomic mass is 35.5. The number of nitrogens with one attached hydrogen (secondary N) is 8. The molecule has 1 unspecified atom stereocenters. The second-order valence-corrected chi connectivity index (χ2v) is 31.7. The molecule has 8 aliphatic heterocycles. The highest BCUT2D eigenvalue weighted by Crippen LogP contribution is 2.36. The van der Waals surface area contributed by atoms with Gasteiger partial charge in [0.2, 0.25) is 0 Å². The van der Waals surface area contributed by atoms with Crippen LogP contribution in [0.2, 0.25) is 15.1 Å². The van der Waals surface area contributed by atoms with Crippen LogP contribution in [-0.4, -0.2) is 104 Å². The number of aromatic amines is 4. The molecule has 9 aromatic rings. The minimum Gasteiger partial charge on any atom is -0.321 e. The van der Waals surface area contributed by atoms with Gasteiger partial charge in [0, 0.05) is 78.0 Å². The number of rotatable bonds is 20. The van der Waals surface area contributed by atoms with Gasteiger partial charge >= 0.3 is 28.9 Å². The van der Waals surface area contributed by atoms with Crippen molar-refractivity contribution in [3.05, 3.63) is 328 Å². The van der Waals surface area contributed by atoms with Crippen molar-refractivity contribution in [2.75, 3.05) is 26.2 Å². The van der Waals surface area contributed by atoms with Gasteiger partial charge in [-0.05, 0) is 225 Å². The molecule has 0 spiro atoms. The van der Waals surface area contributed by atoms with Crippen LogP contribution in [0.25, 0.3) is 101 Å². The predicted octanol–water partition coefficient (Wildman–Crippen LogP) is 12.9. The lowest BCUT2D eigenvalue weighted by atomic mass is 10.00. The number of halogens is 8. The smallest absolute Gasteiger partial charge is 0.321 e. The molecule has 1 atom stereocenters. The van der Waals surface area contributed by atoms with Gasteiger partial charge in [-0.3, -0.25) is 39.1 Å². The fraction of sp³-hybridized carbons (Fsp3) is 0.244. The molecule has 9 aromatic carbocycles. The summed E-state index contributed by atoms with van der Waals surface area (Å²) < 4.78 is 73.5. The van der Waals surface area contributed by atoms with Crippen molar-refractivity contribution in [3.63, 3.8) is 0 Å². The van der Waals surface area contributed by atoms with Crippen molar-refractivity contribution in [1.82, 2.24) is 99.3 Å². The van der Waals surface area contributed by atoms with Crippen LogP contribution in [0.3, 0.4) is 0 Å². The third-order valence-electron chi connectivity index (χ3n) is 21.8. The van der Waals surface area contributed by atoms with Crippen LogP contribution < -0.4 is 66.3 Å². The molecule has 0 radical (unpaired) electrons. The number of benzene rings is 9. The van der Waals surface area contributed by atoms with E-state index >= 15 is 0 Å². The quantitative estimate of drug-likeness (QED) is 0.0200. The first-order chi connectivity index (χ1) is 60.1. The summed E-state index contributed by atoms with van der Waals surface area (Å²) in [5.41, 5.74) is 11.8. The molecule has 17 rings (SSSR count). The Morgan fingerprint density at radius 3 is 1.07 bits per heavy atom. The molecule has 0 amide bonds. The van der Waals surface area contributed by atoms with Gasteiger partial charge in [-0.2, -0.15) is 33.1 Å². The van der Waals surface area contributed by atoms with Gasteiger partial charge in [0.25, 0.3) is 22.2 Å². The van der Waals surface area contributed by atoms with Crippen molar-refractivity contribution < 1.29 is 22.0 Å². The first kappa shape index (κ1) is 89.0. The predicted molar refractivity (Wildman–Crippen MR) is 477 cm³/mol. The van der Waals surface area contributed by atoms with E-state index in [-0.39, 0.29) is 67.9 Å². The molecule has 36 heteroatoms. The Labute approximate surface area is 727 Å². The van der Waals surface area contributed by atoms with Gasteiger partial charge in [0.15, 0.2) is 46.1 Å². The molecule has 0 fully saturated rings. The van der Waals surface area contributed by atoms with Gasteiger partial charge in [-0.25, -0.2) is 47.9 Å². The summed E-state index contributed by atoms with van der Waals surface area (Å²) in [6.07, 6.45) is -4.54. The molecular weight excluding hydrogens is 1690 g/mol. The highest BCUT2D eigenvalue weighted by molar-refractivity contribution is 6.31.